The van der Waals surface area contributed by atoms with Gasteiger partial charge in [0.1, 0.15) is 5.15 Å². The molecule has 0 atom stereocenters. The lowest BCUT2D eigenvalue weighted by Crippen LogP contribution is -2.22. The van der Waals surface area contributed by atoms with E-state index in [2.05, 4.69) is 4.98 Å². The quantitative estimate of drug-likeness (QED) is 0.681. The Morgan fingerprint density at radius 1 is 1.62 bits per heavy atom. The van der Waals surface area contributed by atoms with E-state index in [4.69, 9.17) is 11.6 Å². The van der Waals surface area contributed by atoms with Crippen molar-refractivity contribution in [1.29, 1.82) is 0 Å². The van der Waals surface area contributed by atoms with Gasteiger partial charge in [0.05, 0.1) is 5.60 Å². The fourth-order valence-electron chi connectivity index (χ4n) is 0.957. The highest BCUT2D eigenvalue weighted by Gasteiger charge is 2.23. The zero-order valence-corrected chi connectivity index (χ0v) is 7.94. The van der Waals surface area contributed by atoms with E-state index >= 15 is 0 Å². The summed E-state index contributed by atoms with van der Waals surface area (Å²) in [5.41, 5.74) is -2.06. The highest BCUT2D eigenvalue weighted by Crippen LogP contribution is 2.24. The third-order valence-corrected chi connectivity index (χ3v) is 1.86. The van der Waals surface area contributed by atoms with Crippen molar-refractivity contribution in [2.75, 3.05) is 0 Å². The fourth-order valence-corrected chi connectivity index (χ4v) is 1.15. The Labute approximate surface area is 79.2 Å². The highest BCUT2D eigenvalue weighted by atomic mass is 35.5. The van der Waals surface area contributed by atoms with Crippen molar-refractivity contribution in [3.8, 4) is 0 Å². The minimum Gasteiger partial charge on any atom is -0.386 e. The molecule has 0 aliphatic heterocycles. The van der Waals surface area contributed by atoms with Gasteiger partial charge in [-0.1, -0.05) is 11.6 Å². The van der Waals surface area contributed by atoms with Gasteiger partial charge in [-0.3, -0.25) is 4.79 Å². The van der Waals surface area contributed by atoms with E-state index in [0.717, 1.165) is 6.07 Å². The van der Waals surface area contributed by atoms with Gasteiger partial charge in [-0.15, -0.1) is 0 Å². The normalized spacial score (nSPS) is 11.8. The van der Waals surface area contributed by atoms with Gasteiger partial charge in [-0.2, -0.15) is 0 Å². The standard InChI is InChI=1S/C8H9ClFNO2/c1-8(2,13)4-3-5(12)11-7(9)6(4)10/h3,13H,1-2H3,(H,11,12). The molecule has 72 valence electrons. The molecule has 5 heteroatoms. The van der Waals surface area contributed by atoms with Crippen LogP contribution in [0.15, 0.2) is 10.9 Å². The van der Waals surface area contributed by atoms with Crippen LogP contribution in [0.3, 0.4) is 0 Å². The Morgan fingerprint density at radius 2 is 2.15 bits per heavy atom. The molecular weight excluding hydrogens is 197 g/mol. The monoisotopic (exact) mass is 205 g/mol. The number of aliphatic hydroxyl groups is 1. The molecule has 0 radical (unpaired) electrons. The van der Waals surface area contributed by atoms with Crippen molar-refractivity contribution >= 4 is 11.6 Å². The van der Waals surface area contributed by atoms with Crippen LogP contribution in [0, 0.1) is 5.82 Å². The summed E-state index contributed by atoms with van der Waals surface area (Å²) < 4.78 is 13.2. The average molecular weight is 206 g/mol. The molecule has 2 N–H and O–H groups in total. The molecule has 0 unspecified atom stereocenters. The van der Waals surface area contributed by atoms with Crippen LogP contribution >= 0.6 is 11.6 Å². The van der Waals surface area contributed by atoms with Crippen LogP contribution in [0.4, 0.5) is 4.39 Å². The summed E-state index contributed by atoms with van der Waals surface area (Å²) in [6, 6.07) is 0.987. The maximum Gasteiger partial charge on any atom is 0.249 e. The number of hydrogen-bond donors (Lipinski definition) is 2. The molecule has 0 fully saturated rings. The summed E-state index contributed by atoms with van der Waals surface area (Å²) >= 11 is 5.38. The molecule has 0 aliphatic carbocycles. The van der Waals surface area contributed by atoms with E-state index in [-0.39, 0.29) is 10.7 Å². The Kier molecular flexibility index (Phi) is 2.45. The zero-order valence-electron chi connectivity index (χ0n) is 7.19. The SMILES string of the molecule is CC(C)(O)c1cc(=O)[nH]c(Cl)c1F. The number of halogens is 2. The number of rotatable bonds is 1. The molecule has 0 aromatic carbocycles. The summed E-state index contributed by atoms with van der Waals surface area (Å²) in [4.78, 5) is 13.0. The number of aromatic nitrogens is 1. The van der Waals surface area contributed by atoms with E-state index in [0.29, 0.717) is 0 Å². The third-order valence-electron chi connectivity index (χ3n) is 1.60. The maximum atomic E-state index is 13.2. The van der Waals surface area contributed by atoms with Crippen molar-refractivity contribution in [3.05, 3.63) is 33.0 Å². The van der Waals surface area contributed by atoms with Crippen LogP contribution < -0.4 is 5.56 Å². The lowest BCUT2D eigenvalue weighted by atomic mass is 9.99. The summed E-state index contributed by atoms with van der Waals surface area (Å²) in [5, 5.41) is 9.08. The molecular formula is C8H9ClFNO2. The lowest BCUT2D eigenvalue weighted by Gasteiger charge is -2.18. The maximum absolute atomic E-state index is 13.2. The van der Waals surface area contributed by atoms with Crippen molar-refractivity contribution in [2.45, 2.75) is 19.4 Å². The molecule has 3 nitrogen and oxygen atoms in total. The van der Waals surface area contributed by atoms with Crippen molar-refractivity contribution in [1.82, 2.24) is 4.98 Å². The van der Waals surface area contributed by atoms with E-state index in [1.54, 1.807) is 0 Å². The van der Waals surface area contributed by atoms with Gasteiger partial charge >= 0.3 is 0 Å². The van der Waals surface area contributed by atoms with Gasteiger partial charge in [0.2, 0.25) is 5.56 Å². The summed E-state index contributed by atoms with van der Waals surface area (Å²) in [6.45, 7) is 2.75. The molecule has 0 amide bonds. The first-order chi connectivity index (χ1) is 5.82. The molecule has 1 heterocycles. The minimum atomic E-state index is -1.41. The fraction of sp³-hybridized carbons (Fsp3) is 0.375. The smallest absolute Gasteiger partial charge is 0.249 e. The Balaban J connectivity index is 3.46. The number of hydrogen-bond acceptors (Lipinski definition) is 2. The van der Waals surface area contributed by atoms with Crippen LogP contribution in [0.1, 0.15) is 19.4 Å². The highest BCUT2D eigenvalue weighted by molar-refractivity contribution is 6.29. The molecule has 0 bridgehead atoms. The Bertz CT molecular complexity index is 381. The molecule has 0 saturated heterocycles. The van der Waals surface area contributed by atoms with E-state index in [1.807, 2.05) is 0 Å². The van der Waals surface area contributed by atoms with Crippen LogP contribution in [0.25, 0.3) is 0 Å². The molecule has 1 aromatic rings. The van der Waals surface area contributed by atoms with Gasteiger partial charge in [0.15, 0.2) is 5.82 Å². The van der Waals surface area contributed by atoms with E-state index in [9.17, 15) is 14.3 Å². The second-order valence-corrected chi connectivity index (χ2v) is 3.61. The van der Waals surface area contributed by atoms with Crippen molar-refractivity contribution in [3.63, 3.8) is 0 Å². The van der Waals surface area contributed by atoms with Crippen LogP contribution in [-0.2, 0) is 5.60 Å². The van der Waals surface area contributed by atoms with E-state index in [1.165, 1.54) is 13.8 Å². The van der Waals surface area contributed by atoms with Gasteiger partial charge in [0, 0.05) is 11.6 Å². The second-order valence-electron chi connectivity index (χ2n) is 3.23. The molecule has 0 saturated carbocycles. The molecule has 1 rings (SSSR count). The summed E-state index contributed by atoms with van der Waals surface area (Å²) in [6.07, 6.45) is 0. The minimum absolute atomic E-state index is 0.110. The van der Waals surface area contributed by atoms with Crippen LogP contribution in [0.2, 0.25) is 5.15 Å². The number of H-pyrrole nitrogens is 1. The van der Waals surface area contributed by atoms with Crippen LogP contribution in [-0.4, -0.2) is 10.1 Å². The van der Waals surface area contributed by atoms with Gasteiger partial charge in [-0.05, 0) is 13.8 Å². The summed E-state index contributed by atoms with van der Waals surface area (Å²) in [7, 11) is 0. The average Bonchev–Trinajstić information content (AvgIpc) is 1.94. The first-order valence-corrected chi connectivity index (χ1v) is 4.01. The predicted octanol–water partition coefficient (Wildman–Crippen LogP) is 1.39. The number of pyridine rings is 1. The Hall–Kier alpha value is -0.870. The number of nitrogens with one attached hydrogen (secondary N) is 1. The lowest BCUT2D eigenvalue weighted by molar-refractivity contribution is 0.0743. The van der Waals surface area contributed by atoms with Gasteiger partial charge in [-0.25, -0.2) is 4.39 Å². The second kappa shape index (κ2) is 3.12. The first-order valence-electron chi connectivity index (χ1n) is 3.63. The molecule has 1 aromatic heterocycles. The first kappa shape index (κ1) is 10.2. The number of aromatic amines is 1. The molecule has 13 heavy (non-hydrogen) atoms. The van der Waals surface area contributed by atoms with Crippen LogP contribution in [0.5, 0.6) is 0 Å². The Morgan fingerprint density at radius 3 is 2.62 bits per heavy atom. The third kappa shape index (κ3) is 2.08. The van der Waals surface area contributed by atoms with Gasteiger partial charge in [0.25, 0.3) is 0 Å². The van der Waals surface area contributed by atoms with Crippen molar-refractivity contribution < 1.29 is 9.50 Å². The predicted molar refractivity (Wildman–Crippen MR) is 47.3 cm³/mol. The molecule has 0 spiro atoms. The van der Waals surface area contributed by atoms with Crippen molar-refractivity contribution in [2.24, 2.45) is 0 Å². The summed E-state index contributed by atoms with van der Waals surface area (Å²) in [5.74, 6) is -0.797. The zero-order chi connectivity index (χ0) is 10.2. The topological polar surface area (TPSA) is 53.1 Å². The van der Waals surface area contributed by atoms with E-state index < -0.39 is 17.0 Å². The largest absolute Gasteiger partial charge is 0.386 e. The molecule has 0 aliphatic rings. The van der Waals surface area contributed by atoms with Gasteiger partial charge < -0.3 is 10.1 Å².